The summed E-state index contributed by atoms with van der Waals surface area (Å²) in [6, 6.07) is 12.5. The minimum absolute atomic E-state index is 0.241. The molecular weight excluding hydrogens is 317 g/mol. The highest BCUT2D eigenvalue weighted by Gasteiger charge is 2.22. The lowest BCUT2D eigenvalue weighted by molar-refractivity contribution is 0.203. The molecule has 1 aromatic carbocycles. The molecule has 2 heterocycles. The molecule has 25 heavy (non-hydrogen) atoms. The van der Waals surface area contributed by atoms with Gasteiger partial charge in [-0.3, -0.25) is 4.98 Å². The molecule has 1 atom stereocenters. The molecule has 0 N–H and O–H groups in total. The number of benzene rings is 1. The van der Waals surface area contributed by atoms with Gasteiger partial charge in [-0.1, -0.05) is 23.4 Å². The number of hydrogen-bond donors (Lipinski definition) is 0. The zero-order chi connectivity index (χ0) is 17.5. The maximum Gasteiger partial charge on any atom is 0.123 e. The van der Waals surface area contributed by atoms with Crippen molar-refractivity contribution >= 4 is 5.71 Å². The van der Waals surface area contributed by atoms with Gasteiger partial charge in [0.05, 0.1) is 5.71 Å². The highest BCUT2D eigenvalue weighted by molar-refractivity contribution is 6.00. The van der Waals surface area contributed by atoms with Crippen LogP contribution < -0.4 is 0 Å². The molecule has 0 amide bonds. The minimum atomic E-state index is -0.241. The molecule has 0 aliphatic carbocycles. The van der Waals surface area contributed by atoms with Gasteiger partial charge in [0, 0.05) is 37.3 Å². The van der Waals surface area contributed by atoms with E-state index in [4.69, 9.17) is 4.84 Å². The fraction of sp³-hybridized carbons (Fsp3) is 0.400. The van der Waals surface area contributed by atoms with Crippen molar-refractivity contribution in [2.45, 2.75) is 25.2 Å². The second kappa shape index (κ2) is 8.72. The highest BCUT2D eigenvalue weighted by Crippen LogP contribution is 2.25. The van der Waals surface area contributed by atoms with Gasteiger partial charge < -0.3 is 9.74 Å². The van der Waals surface area contributed by atoms with Crippen LogP contribution in [-0.2, 0) is 4.84 Å². The molecule has 2 aromatic rings. The quantitative estimate of drug-likeness (QED) is 0.592. The van der Waals surface area contributed by atoms with Gasteiger partial charge in [-0.05, 0) is 49.2 Å². The summed E-state index contributed by atoms with van der Waals surface area (Å²) in [6.45, 7) is 3.01. The lowest BCUT2D eigenvalue weighted by Crippen LogP contribution is -2.36. The van der Waals surface area contributed by atoms with Crippen molar-refractivity contribution in [3.8, 4) is 0 Å². The van der Waals surface area contributed by atoms with Crippen molar-refractivity contribution < 1.29 is 9.23 Å². The first-order valence-corrected chi connectivity index (χ1v) is 8.75. The van der Waals surface area contributed by atoms with E-state index >= 15 is 0 Å². The van der Waals surface area contributed by atoms with Gasteiger partial charge in [0.1, 0.15) is 12.9 Å². The Morgan fingerprint density at radius 2 is 2.12 bits per heavy atom. The number of nitrogens with zero attached hydrogens (tertiary/aromatic N) is 3. The van der Waals surface area contributed by atoms with E-state index in [1.165, 1.54) is 30.7 Å². The summed E-state index contributed by atoms with van der Waals surface area (Å²) in [4.78, 5) is 12.0. The Labute approximate surface area is 148 Å². The van der Waals surface area contributed by atoms with E-state index in [1.807, 2.05) is 12.3 Å². The number of piperidine rings is 1. The topological polar surface area (TPSA) is 37.7 Å². The van der Waals surface area contributed by atoms with Crippen LogP contribution >= 0.6 is 0 Å². The van der Waals surface area contributed by atoms with Gasteiger partial charge in [-0.15, -0.1) is 0 Å². The lowest BCUT2D eigenvalue weighted by atomic mass is 9.94. The SMILES string of the molecule is CO/N=C(/CCN1CCCC(c2ccccn2)C1)c1ccc(F)cc1. The molecule has 1 fully saturated rings. The molecule has 4 nitrogen and oxygen atoms in total. The Morgan fingerprint density at radius 1 is 1.28 bits per heavy atom. The predicted molar refractivity (Wildman–Crippen MR) is 97.2 cm³/mol. The monoisotopic (exact) mass is 341 g/mol. The van der Waals surface area contributed by atoms with Crippen LogP contribution in [0.15, 0.2) is 53.8 Å². The van der Waals surface area contributed by atoms with E-state index in [2.05, 4.69) is 27.2 Å². The van der Waals surface area contributed by atoms with E-state index in [1.54, 1.807) is 19.2 Å². The molecule has 1 saturated heterocycles. The summed E-state index contributed by atoms with van der Waals surface area (Å²) >= 11 is 0. The first kappa shape index (κ1) is 17.5. The second-order valence-electron chi connectivity index (χ2n) is 6.37. The van der Waals surface area contributed by atoms with E-state index in [0.717, 1.165) is 37.3 Å². The molecule has 1 unspecified atom stereocenters. The zero-order valence-corrected chi connectivity index (χ0v) is 14.6. The fourth-order valence-corrected chi connectivity index (χ4v) is 3.38. The molecule has 0 bridgehead atoms. The van der Waals surface area contributed by atoms with Crippen molar-refractivity contribution in [1.82, 2.24) is 9.88 Å². The standard InChI is InChI=1S/C20H24FN3O/c1-25-23-20(16-7-9-18(21)10-8-16)11-14-24-13-4-5-17(15-24)19-6-2-3-12-22-19/h2-3,6-10,12,17H,4-5,11,13-15H2,1H3/b23-20-. The average Bonchev–Trinajstić information content (AvgIpc) is 2.67. The van der Waals surface area contributed by atoms with Crippen LogP contribution in [0.1, 0.15) is 36.4 Å². The summed E-state index contributed by atoms with van der Waals surface area (Å²) in [5.41, 5.74) is 2.93. The van der Waals surface area contributed by atoms with Crippen LogP contribution in [0.5, 0.6) is 0 Å². The molecule has 1 aliphatic rings. The Bertz CT molecular complexity index is 688. The van der Waals surface area contributed by atoms with Gasteiger partial charge in [0.15, 0.2) is 0 Å². The molecule has 0 radical (unpaired) electrons. The summed E-state index contributed by atoms with van der Waals surface area (Å²) in [5.74, 6) is 0.248. The van der Waals surface area contributed by atoms with Crippen molar-refractivity contribution in [2.75, 3.05) is 26.7 Å². The second-order valence-corrected chi connectivity index (χ2v) is 6.37. The maximum absolute atomic E-state index is 13.1. The molecule has 1 aliphatic heterocycles. The zero-order valence-electron chi connectivity index (χ0n) is 14.6. The smallest absolute Gasteiger partial charge is 0.123 e. The van der Waals surface area contributed by atoms with Crippen LogP contribution in [0.25, 0.3) is 0 Å². The van der Waals surface area contributed by atoms with Gasteiger partial charge in [0.25, 0.3) is 0 Å². The average molecular weight is 341 g/mol. The lowest BCUT2D eigenvalue weighted by Gasteiger charge is -2.32. The van der Waals surface area contributed by atoms with Crippen LogP contribution in [0, 0.1) is 5.82 Å². The molecule has 1 aromatic heterocycles. The number of rotatable bonds is 6. The largest absolute Gasteiger partial charge is 0.399 e. The van der Waals surface area contributed by atoms with Crippen molar-refractivity contribution in [2.24, 2.45) is 5.16 Å². The first-order valence-electron chi connectivity index (χ1n) is 8.75. The summed E-state index contributed by atoms with van der Waals surface area (Å²) in [7, 11) is 1.54. The normalized spacial score (nSPS) is 19.0. The van der Waals surface area contributed by atoms with E-state index < -0.39 is 0 Å². The van der Waals surface area contributed by atoms with E-state index in [0.29, 0.717) is 5.92 Å². The van der Waals surface area contributed by atoms with Crippen molar-refractivity contribution in [3.63, 3.8) is 0 Å². The van der Waals surface area contributed by atoms with Crippen LogP contribution in [0.2, 0.25) is 0 Å². The van der Waals surface area contributed by atoms with Crippen molar-refractivity contribution in [3.05, 3.63) is 65.7 Å². The van der Waals surface area contributed by atoms with Gasteiger partial charge in [0.2, 0.25) is 0 Å². The van der Waals surface area contributed by atoms with Crippen molar-refractivity contribution in [1.29, 1.82) is 0 Å². The van der Waals surface area contributed by atoms with Gasteiger partial charge >= 0.3 is 0 Å². The summed E-state index contributed by atoms with van der Waals surface area (Å²) in [6.07, 6.45) is 5.00. The number of aromatic nitrogens is 1. The number of pyridine rings is 1. The maximum atomic E-state index is 13.1. The van der Waals surface area contributed by atoms with Crippen LogP contribution in [-0.4, -0.2) is 42.3 Å². The molecule has 132 valence electrons. The number of likely N-dealkylation sites (tertiary alicyclic amines) is 1. The highest BCUT2D eigenvalue weighted by atomic mass is 19.1. The van der Waals surface area contributed by atoms with E-state index in [9.17, 15) is 4.39 Å². The summed E-state index contributed by atoms with van der Waals surface area (Å²) < 4.78 is 13.1. The molecule has 3 rings (SSSR count). The fourth-order valence-electron chi connectivity index (χ4n) is 3.38. The molecule has 5 heteroatoms. The number of halogens is 1. The van der Waals surface area contributed by atoms with E-state index in [-0.39, 0.29) is 5.82 Å². The third-order valence-electron chi connectivity index (χ3n) is 4.66. The molecule has 0 spiro atoms. The summed E-state index contributed by atoms with van der Waals surface area (Å²) in [5, 5.41) is 4.14. The number of hydrogen-bond acceptors (Lipinski definition) is 4. The van der Waals surface area contributed by atoms with Gasteiger partial charge in [-0.2, -0.15) is 0 Å². The molecular formula is C20H24FN3O. The van der Waals surface area contributed by atoms with Crippen LogP contribution in [0.3, 0.4) is 0 Å². The Kier molecular flexibility index (Phi) is 6.12. The Balaban J connectivity index is 1.61. The predicted octanol–water partition coefficient (Wildman–Crippen LogP) is 3.84. The first-order chi connectivity index (χ1) is 12.3. The van der Waals surface area contributed by atoms with Crippen LogP contribution in [0.4, 0.5) is 4.39 Å². The third-order valence-corrected chi connectivity index (χ3v) is 4.66. The third kappa shape index (κ3) is 4.86. The van der Waals surface area contributed by atoms with Gasteiger partial charge in [-0.25, -0.2) is 4.39 Å². The Hall–Kier alpha value is -2.27. The number of oxime groups is 1. The minimum Gasteiger partial charge on any atom is -0.399 e. The molecule has 0 saturated carbocycles. The Morgan fingerprint density at radius 3 is 2.84 bits per heavy atom.